The van der Waals surface area contributed by atoms with Gasteiger partial charge in [-0.25, -0.2) is 0 Å². The Morgan fingerprint density at radius 3 is 2.72 bits per heavy atom. The molecule has 0 aliphatic carbocycles. The summed E-state index contributed by atoms with van der Waals surface area (Å²) in [5, 5.41) is 7.51. The number of piperidine rings is 3. The van der Waals surface area contributed by atoms with Crippen LogP contribution in [0.1, 0.15) is 23.2 Å². The summed E-state index contributed by atoms with van der Waals surface area (Å²) in [6.07, 6.45) is 6.48. The number of fused-ring (bicyclic) bond motifs is 4. The van der Waals surface area contributed by atoms with Crippen LogP contribution in [0.2, 0.25) is 0 Å². The topological polar surface area (TPSA) is 36.8 Å². The highest BCUT2D eigenvalue weighted by Crippen LogP contribution is 2.28. The zero-order valence-corrected chi connectivity index (χ0v) is 14.8. The van der Waals surface area contributed by atoms with Crippen LogP contribution >= 0.6 is 11.3 Å². The van der Waals surface area contributed by atoms with Gasteiger partial charge in [-0.2, -0.15) is 11.3 Å². The number of nitrogens with zero attached hydrogens (tertiary/aromatic N) is 2. The molecule has 3 fully saturated rings. The standard InChI is InChI=1S/C20H21N3OS/c24-20(21-19-12-22-6-3-14(19)4-7-22)17-9-18-2-1-15(10-23(18)11-17)16-5-8-25-13-16/h1-2,5,8-11,13-14,19H,3-4,6-7,12H2,(H,21,24). The number of carbonyl (C=O) groups excluding carboxylic acids is 1. The molecule has 3 aliphatic heterocycles. The van der Waals surface area contributed by atoms with Crippen molar-refractivity contribution in [3.05, 3.63) is 53.0 Å². The maximum absolute atomic E-state index is 12.7. The van der Waals surface area contributed by atoms with Crippen LogP contribution in [0.15, 0.2) is 47.4 Å². The number of nitrogens with one attached hydrogen (secondary N) is 1. The number of rotatable bonds is 3. The third-order valence-electron chi connectivity index (χ3n) is 5.68. The molecule has 3 saturated heterocycles. The minimum Gasteiger partial charge on any atom is -0.348 e. The third-order valence-corrected chi connectivity index (χ3v) is 6.36. The van der Waals surface area contributed by atoms with Crippen molar-refractivity contribution in [1.29, 1.82) is 0 Å². The van der Waals surface area contributed by atoms with E-state index in [1.165, 1.54) is 37.1 Å². The van der Waals surface area contributed by atoms with Gasteiger partial charge < -0.3 is 14.6 Å². The van der Waals surface area contributed by atoms with Crippen LogP contribution in [0.5, 0.6) is 0 Å². The van der Waals surface area contributed by atoms with Crippen molar-refractivity contribution in [1.82, 2.24) is 14.6 Å². The molecule has 0 saturated carbocycles. The molecular weight excluding hydrogens is 330 g/mol. The van der Waals surface area contributed by atoms with Crippen LogP contribution in [0, 0.1) is 5.92 Å². The van der Waals surface area contributed by atoms with Crippen molar-refractivity contribution in [3.8, 4) is 11.1 Å². The van der Waals surface area contributed by atoms with Crippen LogP contribution in [0.25, 0.3) is 16.6 Å². The highest BCUT2D eigenvalue weighted by Gasteiger charge is 2.35. The first kappa shape index (κ1) is 15.2. The minimum absolute atomic E-state index is 0.0551. The van der Waals surface area contributed by atoms with Gasteiger partial charge >= 0.3 is 0 Å². The fraction of sp³-hybridized carbons (Fsp3) is 0.350. The van der Waals surface area contributed by atoms with E-state index in [1.54, 1.807) is 11.3 Å². The molecule has 1 atom stereocenters. The molecule has 6 heterocycles. The van der Waals surface area contributed by atoms with E-state index in [0.717, 1.165) is 17.6 Å². The van der Waals surface area contributed by atoms with E-state index < -0.39 is 0 Å². The molecule has 3 aromatic heterocycles. The van der Waals surface area contributed by atoms with Crippen molar-refractivity contribution in [2.45, 2.75) is 18.9 Å². The number of hydrogen-bond donors (Lipinski definition) is 1. The Morgan fingerprint density at radius 1 is 1.12 bits per heavy atom. The number of aromatic nitrogens is 1. The minimum atomic E-state index is 0.0551. The molecule has 25 heavy (non-hydrogen) atoms. The average molecular weight is 351 g/mol. The Morgan fingerprint density at radius 2 is 2.00 bits per heavy atom. The smallest absolute Gasteiger partial charge is 0.253 e. The van der Waals surface area contributed by atoms with E-state index in [-0.39, 0.29) is 5.91 Å². The van der Waals surface area contributed by atoms with Gasteiger partial charge in [-0.3, -0.25) is 4.79 Å². The second-order valence-electron chi connectivity index (χ2n) is 7.21. The van der Waals surface area contributed by atoms with Crippen LogP contribution in [0.3, 0.4) is 0 Å². The summed E-state index contributed by atoms with van der Waals surface area (Å²) in [6, 6.07) is 8.61. The molecule has 3 aromatic rings. The molecule has 0 aromatic carbocycles. The average Bonchev–Trinajstić information content (AvgIpc) is 3.32. The quantitative estimate of drug-likeness (QED) is 0.784. The lowest BCUT2D eigenvalue weighted by molar-refractivity contribution is 0.0620. The van der Waals surface area contributed by atoms with Crippen LogP contribution < -0.4 is 5.32 Å². The molecule has 5 heteroatoms. The molecular formula is C20H21N3OS. The lowest BCUT2D eigenvalue weighted by atomic mass is 9.84. The highest BCUT2D eigenvalue weighted by molar-refractivity contribution is 7.08. The zero-order valence-electron chi connectivity index (χ0n) is 14.0. The fourth-order valence-electron chi connectivity index (χ4n) is 4.21. The maximum Gasteiger partial charge on any atom is 0.253 e. The van der Waals surface area contributed by atoms with Gasteiger partial charge in [0.25, 0.3) is 5.91 Å². The highest BCUT2D eigenvalue weighted by atomic mass is 32.1. The van der Waals surface area contributed by atoms with E-state index in [0.29, 0.717) is 12.0 Å². The third kappa shape index (κ3) is 2.77. The molecule has 1 unspecified atom stereocenters. The molecule has 3 aliphatic rings. The predicted molar refractivity (Wildman–Crippen MR) is 101 cm³/mol. The molecule has 0 radical (unpaired) electrons. The SMILES string of the molecule is O=C(NC1CN2CCC1CC2)c1cc2ccc(-c3ccsc3)cn2c1. The Hall–Kier alpha value is -2.11. The Kier molecular flexibility index (Phi) is 3.64. The molecule has 2 bridgehead atoms. The van der Waals surface area contributed by atoms with E-state index in [1.807, 2.05) is 12.3 Å². The largest absolute Gasteiger partial charge is 0.348 e. The number of carbonyl (C=O) groups is 1. The summed E-state index contributed by atoms with van der Waals surface area (Å²) in [5.41, 5.74) is 4.20. The first-order chi connectivity index (χ1) is 12.3. The molecule has 0 spiro atoms. The lowest BCUT2D eigenvalue weighted by Gasteiger charge is -2.44. The van der Waals surface area contributed by atoms with Crippen molar-refractivity contribution in [3.63, 3.8) is 0 Å². The van der Waals surface area contributed by atoms with Gasteiger partial charge in [0.2, 0.25) is 0 Å². The summed E-state index contributed by atoms with van der Waals surface area (Å²) in [5.74, 6) is 0.704. The van der Waals surface area contributed by atoms with Gasteiger partial charge in [0.05, 0.1) is 5.56 Å². The van der Waals surface area contributed by atoms with Crippen molar-refractivity contribution >= 4 is 22.8 Å². The van der Waals surface area contributed by atoms with Gasteiger partial charge in [0.1, 0.15) is 0 Å². The van der Waals surface area contributed by atoms with Crippen molar-refractivity contribution in [2.75, 3.05) is 19.6 Å². The summed E-state index contributed by atoms with van der Waals surface area (Å²) in [4.78, 5) is 15.2. The molecule has 1 N–H and O–H groups in total. The molecule has 1 amide bonds. The normalized spacial score (nSPS) is 25.4. The van der Waals surface area contributed by atoms with Gasteiger partial charge in [0, 0.05) is 30.5 Å². The number of hydrogen-bond acceptors (Lipinski definition) is 3. The molecule has 6 rings (SSSR count). The first-order valence-corrected chi connectivity index (χ1v) is 9.88. The zero-order chi connectivity index (χ0) is 16.8. The van der Waals surface area contributed by atoms with Gasteiger partial charge in [-0.1, -0.05) is 6.07 Å². The molecule has 128 valence electrons. The summed E-state index contributed by atoms with van der Waals surface area (Å²) in [7, 11) is 0. The van der Waals surface area contributed by atoms with E-state index >= 15 is 0 Å². The predicted octanol–water partition coefficient (Wildman–Crippen LogP) is 3.49. The monoisotopic (exact) mass is 351 g/mol. The van der Waals surface area contributed by atoms with E-state index in [2.05, 4.69) is 49.8 Å². The van der Waals surface area contributed by atoms with Crippen molar-refractivity contribution in [2.24, 2.45) is 5.92 Å². The Labute approximate surface area is 151 Å². The summed E-state index contributed by atoms with van der Waals surface area (Å²) in [6.45, 7) is 3.39. The second-order valence-corrected chi connectivity index (χ2v) is 7.99. The molecule has 4 nitrogen and oxygen atoms in total. The van der Waals surface area contributed by atoms with Gasteiger partial charge in [-0.15, -0.1) is 0 Å². The summed E-state index contributed by atoms with van der Waals surface area (Å²) < 4.78 is 2.05. The number of thiophene rings is 1. The number of amides is 1. The number of pyridine rings is 1. The van der Waals surface area contributed by atoms with E-state index in [9.17, 15) is 4.79 Å². The summed E-state index contributed by atoms with van der Waals surface area (Å²) >= 11 is 1.70. The van der Waals surface area contributed by atoms with Gasteiger partial charge in [-0.05, 0) is 71.9 Å². The lowest BCUT2D eigenvalue weighted by Crippen LogP contribution is -2.57. The second kappa shape index (κ2) is 6.00. The van der Waals surface area contributed by atoms with E-state index in [4.69, 9.17) is 0 Å². The van der Waals surface area contributed by atoms with Crippen molar-refractivity contribution < 1.29 is 4.79 Å². The van der Waals surface area contributed by atoms with Gasteiger partial charge in [0.15, 0.2) is 0 Å². The Bertz CT molecular complexity index is 906. The fourth-order valence-corrected chi connectivity index (χ4v) is 4.88. The van der Waals surface area contributed by atoms with Crippen LogP contribution in [-0.2, 0) is 0 Å². The Balaban J connectivity index is 1.38. The first-order valence-electron chi connectivity index (χ1n) is 8.94. The van der Waals surface area contributed by atoms with Crippen LogP contribution in [0.4, 0.5) is 0 Å². The maximum atomic E-state index is 12.7. The van der Waals surface area contributed by atoms with Crippen LogP contribution in [-0.4, -0.2) is 40.9 Å².